The molecular formula is C24H28N4O2. The highest BCUT2D eigenvalue weighted by Gasteiger charge is 2.40. The van der Waals surface area contributed by atoms with Crippen molar-refractivity contribution in [2.75, 3.05) is 11.9 Å². The van der Waals surface area contributed by atoms with Crippen molar-refractivity contribution >= 4 is 23.6 Å². The van der Waals surface area contributed by atoms with Crippen LogP contribution in [-0.2, 0) is 6.42 Å². The van der Waals surface area contributed by atoms with Gasteiger partial charge in [-0.05, 0) is 43.9 Å². The molecule has 2 fully saturated rings. The number of benzene rings is 2. The van der Waals surface area contributed by atoms with E-state index in [-0.39, 0.29) is 18.0 Å². The maximum absolute atomic E-state index is 12.9. The molecule has 1 saturated carbocycles. The third kappa shape index (κ3) is 4.70. The van der Waals surface area contributed by atoms with Crippen LogP contribution in [0.2, 0.25) is 0 Å². The van der Waals surface area contributed by atoms with E-state index in [2.05, 4.69) is 15.6 Å². The summed E-state index contributed by atoms with van der Waals surface area (Å²) in [6, 6.07) is 17.1. The minimum Gasteiger partial charge on any atom is -0.334 e. The number of amidine groups is 1. The van der Waals surface area contributed by atoms with Crippen molar-refractivity contribution in [2.45, 2.75) is 45.1 Å². The summed E-state index contributed by atoms with van der Waals surface area (Å²) in [5.74, 6) is 0.681. The van der Waals surface area contributed by atoms with Crippen molar-refractivity contribution in [3.63, 3.8) is 0 Å². The number of rotatable bonds is 4. The maximum atomic E-state index is 12.9. The van der Waals surface area contributed by atoms with Crippen molar-refractivity contribution in [1.82, 2.24) is 10.2 Å². The van der Waals surface area contributed by atoms with Crippen LogP contribution >= 0.6 is 0 Å². The van der Waals surface area contributed by atoms with Gasteiger partial charge in [0.2, 0.25) is 0 Å². The van der Waals surface area contributed by atoms with E-state index in [1.165, 1.54) is 0 Å². The number of aryl methyl sites for hydroxylation is 1. The lowest BCUT2D eigenvalue weighted by molar-refractivity contribution is 0.190. The Balaban J connectivity index is 1.56. The lowest BCUT2D eigenvalue weighted by Crippen LogP contribution is -2.61. The minimum absolute atomic E-state index is 0.0603. The molecule has 2 aliphatic rings. The van der Waals surface area contributed by atoms with Gasteiger partial charge in [0.25, 0.3) is 0 Å². The summed E-state index contributed by atoms with van der Waals surface area (Å²) in [6.07, 6.45) is 4.76. The highest BCUT2D eigenvalue weighted by molar-refractivity contribution is 6.08. The molecule has 6 nitrogen and oxygen atoms in total. The molecule has 1 aliphatic heterocycles. The average Bonchev–Trinajstić information content (AvgIpc) is 2.75. The van der Waals surface area contributed by atoms with Crippen molar-refractivity contribution in [2.24, 2.45) is 10.9 Å². The number of amides is 4. The quantitative estimate of drug-likeness (QED) is 0.772. The number of nitrogens with one attached hydrogen (secondary N) is 2. The first-order valence-corrected chi connectivity index (χ1v) is 10.7. The summed E-state index contributed by atoms with van der Waals surface area (Å²) in [6.45, 7) is 2.50. The van der Waals surface area contributed by atoms with Crippen LogP contribution in [0.15, 0.2) is 59.6 Å². The van der Waals surface area contributed by atoms with Gasteiger partial charge in [-0.3, -0.25) is 4.90 Å². The molecular weight excluding hydrogens is 376 g/mol. The fourth-order valence-electron chi connectivity index (χ4n) is 4.29. The van der Waals surface area contributed by atoms with E-state index in [1.807, 2.05) is 61.5 Å². The van der Waals surface area contributed by atoms with Gasteiger partial charge >= 0.3 is 12.1 Å². The van der Waals surface area contributed by atoms with Crippen LogP contribution in [0.4, 0.5) is 15.3 Å². The summed E-state index contributed by atoms with van der Waals surface area (Å²) in [5, 5.41) is 5.97. The van der Waals surface area contributed by atoms with Crippen molar-refractivity contribution < 1.29 is 9.59 Å². The third-order valence-electron chi connectivity index (χ3n) is 5.91. The Kier molecular flexibility index (Phi) is 6.12. The Labute approximate surface area is 177 Å². The van der Waals surface area contributed by atoms with Crippen LogP contribution in [0.1, 0.15) is 36.8 Å². The van der Waals surface area contributed by atoms with Crippen LogP contribution < -0.4 is 10.6 Å². The van der Waals surface area contributed by atoms with Gasteiger partial charge in [-0.2, -0.15) is 4.99 Å². The molecule has 1 saturated heterocycles. The van der Waals surface area contributed by atoms with E-state index < -0.39 is 6.03 Å². The fraction of sp³-hybridized carbons (Fsp3) is 0.375. The number of hydrogen-bond acceptors (Lipinski definition) is 2. The van der Waals surface area contributed by atoms with Gasteiger partial charge < -0.3 is 10.6 Å². The Morgan fingerprint density at radius 3 is 2.60 bits per heavy atom. The van der Waals surface area contributed by atoms with E-state index in [9.17, 15) is 9.59 Å². The van der Waals surface area contributed by atoms with Crippen LogP contribution in [0.5, 0.6) is 0 Å². The number of carbonyl (C=O) groups excluding carboxylic acids is 2. The zero-order chi connectivity index (χ0) is 20.9. The van der Waals surface area contributed by atoms with Crippen LogP contribution in [0, 0.1) is 12.8 Å². The van der Waals surface area contributed by atoms with E-state index in [0.717, 1.165) is 36.8 Å². The standard InChI is InChI=1S/C24H28N4O2/c1-17-11-13-19(14-12-17)25-23(29)27-22-20-9-5-6-10-21(20)26-24(30)28(22)16-15-18-7-3-2-4-8-18/h2-4,7-8,11-14,20-21H,5-6,9-10,15-16H2,1H3,(H,25,29)(H,26,30)/b27-22+. The van der Waals surface area contributed by atoms with Gasteiger partial charge in [0.05, 0.1) is 0 Å². The summed E-state index contributed by atoms with van der Waals surface area (Å²) in [7, 11) is 0. The number of aliphatic imine (C=N–C) groups is 1. The van der Waals surface area contributed by atoms with Crippen LogP contribution in [0.3, 0.4) is 0 Å². The second-order valence-electron chi connectivity index (χ2n) is 8.10. The maximum Gasteiger partial charge on any atom is 0.347 e. The van der Waals surface area contributed by atoms with E-state index in [4.69, 9.17) is 0 Å². The molecule has 4 amide bonds. The highest BCUT2D eigenvalue weighted by atomic mass is 16.2. The first-order chi connectivity index (χ1) is 14.6. The number of urea groups is 2. The SMILES string of the molecule is Cc1ccc(NC(=O)/N=C2\C3CCCCC3NC(=O)N2CCc2ccccc2)cc1. The van der Waals surface area contributed by atoms with Gasteiger partial charge in [0.1, 0.15) is 5.84 Å². The Bertz CT molecular complexity index is 924. The van der Waals surface area contributed by atoms with Gasteiger partial charge in [0, 0.05) is 24.2 Å². The van der Waals surface area contributed by atoms with E-state index in [1.54, 1.807) is 4.90 Å². The van der Waals surface area contributed by atoms with Gasteiger partial charge in [-0.25, -0.2) is 9.59 Å². The lowest BCUT2D eigenvalue weighted by Gasteiger charge is -2.42. The monoisotopic (exact) mass is 404 g/mol. The summed E-state index contributed by atoms with van der Waals surface area (Å²) in [4.78, 5) is 31.6. The summed E-state index contributed by atoms with van der Waals surface area (Å²) < 4.78 is 0. The molecule has 1 heterocycles. The summed E-state index contributed by atoms with van der Waals surface area (Å²) in [5.41, 5.74) is 2.98. The number of hydrogen-bond donors (Lipinski definition) is 2. The summed E-state index contributed by atoms with van der Waals surface area (Å²) >= 11 is 0. The predicted molar refractivity (Wildman–Crippen MR) is 119 cm³/mol. The van der Waals surface area contributed by atoms with Gasteiger partial charge in [0.15, 0.2) is 0 Å². The molecule has 0 bridgehead atoms. The van der Waals surface area contributed by atoms with Gasteiger partial charge in [-0.15, -0.1) is 0 Å². The number of carbonyl (C=O) groups is 2. The molecule has 156 valence electrons. The molecule has 2 N–H and O–H groups in total. The number of anilines is 1. The molecule has 30 heavy (non-hydrogen) atoms. The largest absolute Gasteiger partial charge is 0.347 e. The number of fused-ring (bicyclic) bond motifs is 1. The average molecular weight is 405 g/mol. The molecule has 0 aromatic heterocycles. The molecule has 2 atom stereocenters. The van der Waals surface area contributed by atoms with Crippen molar-refractivity contribution in [1.29, 1.82) is 0 Å². The van der Waals surface area contributed by atoms with E-state index in [0.29, 0.717) is 24.5 Å². The molecule has 0 spiro atoms. The second-order valence-corrected chi connectivity index (χ2v) is 8.10. The second kappa shape index (κ2) is 9.11. The zero-order valence-electron chi connectivity index (χ0n) is 17.3. The van der Waals surface area contributed by atoms with Crippen LogP contribution in [0.25, 0.3) is 0 Å². The minimum atomic E-state index is -0.433. The molecule has 2 aromatic rings. The molecule has 0 radical (unpaired) electrons. The zero-order valence-corrected chi connectivity index (χ0v) is 17.3. The molecule has 2 aromatic carbocycles. The van der Waals surface area contributed by atoms with Crippen molar-refractivity contribution in [3.05, 3.63) is 65.7 Å². The Hall–Kier alpha value is -3.15. The number of nitrogens with zero attached hydrogens (tertiary/aromatic N) is 2. The topological polar surface area (TPSA) is 73.8 Å². The van der Waals surface area contributed by atoms with Crippen molar-refractivity contribution in [3.8, 4) is 0 Å². The predicted octanol–water partition coefficient (Wildman–Crippen LogP) is 4.75. The third-order valence-corrected chi connectivity index (χ3v) is 5.91. The normalized spacial score (nSPS) is 22.4. The molecule has 1 aliphatic carbocycles. The molecule has 4 rings (SSSR count). The van der Waals surface area contributed by atoms with Crippen LogP contribution in [-0.4, -0.2) is 35.4 Å². The molecule has 2 unspecified atom stereocenters. The fourth-order valence-corrected chi connectivity index (χ4v) is 4.29. The lowest BCUT2D eigenvalue weighted by atomic mass is 9.82. The van der Waals surface area contributed by atoms with E-state index >= 15 is 0 Å². The first kappa shape index (κ1) is 20.1. The molecule has 6 heteroatoms. The Morgan fingerprint density at radius 2 is 1.83 bits per heavy atom. The van der Waals surface area contributed by atoms with Gasteiger partial charge in [-0.1, -0.05) is 60.9 Å². The first-order valence-electron chi connectivity index (χ1n) is 10.7. The smallest absolute Gasteiger partial charge is 0.334 e. The Morgan fingerprint density at radius 1 is 1.10 bits per heavy atom. The highest BCUT2D eigenvalue weighted by Crippen LogP contribution is 2.30.